The van der Waals surface area contributed by atoms with Gasteiger partial charge in [-0.15, -0.1) is 5.10 Å². The number of nitrogens with one attached hydrogen (secondary N) is 2. The Hall–Kier alpha value is -2.72. The largest absolute Gasteiger partial charge is 0.362 e. The van der Waals surface area contributed by atoms with Gasteiger partial charge in [-0.2, -0.15) is 5.10 Å². The molecule has 2 aromatic heterocycles. The number of amides is 1. The first-order chi connectivity index (χ1) is 12.8. The van der Waals surface area contributed by atoms with Gasteiger partial charge >= 0.3 is 5.82 Å². The molecule has 0 unspecified atom stereocenters. The van der Waals surface area contributed by atoms with Gasteiger partial charge in [0.2, 0.25) is 0 Å². The van der Waals surface area contributed by atoms with Crippen molar-refractivity contribution in [3.05, 3.63) is 66.5 Å². The Kier molecular flexibility index (Phi) is 5.29. The van der Waals surface area contributed by atoms with Crippen molar-refractivity contribution in [3.63, 3.8) is 0 Å². The normalized spacial score (nSPS) is 10.8. The average molecular weight is 454 g/mol. The van der Waals surface area contributed by atoms with Gasteiger partial charge in [-0.25, -0.2) is 0 Å². The topological polar surface area (TPSA) is 119 Å². The number of nitro groups is 1. The molecule has 9 nitrogen and oxygen atoms in total. The summed E-state index contributed by atoms with van der Waals surface area (Å²) in [7, 11) is 0. The van der Waals surface area contributed by atoms with Crippen LogP contribution in [0.15, 0.2) is 28.7 Å². The van der Waals surface area contributed by atoms with Crippen molar-refractivity contribution in [1.29, 1.82) is 0 Å². The molecule has 0 fully saturated rings. The lowest BCUT2D eigenvalue weighted by molar-refractivity contribution is -0.389. The summed E-state index contributed by atoms with van der Waals surface area (Å²) in [6.07, 6.45) is 0. The van der Waals surface area contributed by atoms with Gasteiger partial charge in [0.25, 0.3) is 5.91 Å². The van der Waals surface area contributed by atoms with Crippen LogP contribution in [0.5, 0.6) is 0 Å². The van der Waals surface area contributed by atoms with E-state index in [1.165, 1.54) is 0 Å². The number of benzene rings is 1. The van der Waals surface area contributed by atoms with Gasteiger partial charge < -0.3 is 15.4 Å². The van der Waals surface area contributed by atoms with E-state index in [1.54, 1.807) is 18.2 Å². The molecule has 3 aromatic rings. The molecule has 0 aliphatic carbocycles. The van der Waals surface area contributed by atoms with Crippen molar-refractivity contribution in [1.82, 2.24) is 20.0 Å². The lowest BCUT2D eigenvalue weighted by Crippen LogP contribution is -2.13. The molecule has 27 heavy (non-hydrogen) atoms. The zero-order chi connectivity index (χ0) is 19.7. The lowest BCUT2D eigenvalue weighted by atomic mass is 10.2. The van der Waals surface area contributed by atoms with E-state index in [2.05, 4.69) is 36.5 Å². The average Bonchev–Trinajstić information content (AvgIpc) is 3.11. The SMILES string of the molecule is Cc1nn(Cc2cccc(NC(=O)c3n[nH]c([N+](=O)[O-])c3Cl)c2)c(C)c1Br. The number of anilines is 1. The van der Waals surface area contributed by atoms with Crippen LogP contribution >= 0.6 is 27.5 Å². The quantitative estimate of drug-likeness (QED) is 0.449. The summed E-state index contributed by atoms with van der Waals surface area (Å²) in [5.41, 5.74) is 3.09. The second-order valence-electron chi connectivity index (χ2n) is 5.79. The van der Waals surface area contributed by atoms with Crippen LogP contribution in [0.25, 0.3) is 0 Å². The molecule has 0 aliphatic heterocycles. The number of rotatable bonds is 5. The molecule has 0 atom stereocenters. The number of hydrogen-bond acceptors (Lipinski definition) is 5. The Bertz CT molecular complexity index is 1040. The first-order valence-corrected chi connectivity index (χ1v) is 8.93. The molecule has 3 rings (SSSR count). The fourth-order valence-corrected chi connectivity index (χ4v) is 3.05. The van der Waals surface area contributed by atoms with E-state index in [-0.39, 0.29) is 10.7 Å². The number of halogens is 2. The summed E-state index contributed by atoms with van der Waals surface area (Å²) in [4.78, 5) is 22.4. The number of carbonyl (C=O) groups excluding carboxylic acids is 1. The van der Waals surface area contributed by atoms with Crippen LogP contribution in [0.3, 0.4) is 0 Å². The van der Waals surface area contributed by atoms with Gasteiger partial charge in [0, 0.05) is 5.69 Å². The van der Waals surface area contributed by atoms with Gasteiger partial charge in [-0.1, -0.05) is 28.8 Å². The maximum absolute atomic E-state index is 12.3. The molecular weight excluding hydrogens is 440 g/mol. The second-order valence-corrected chi connectivity index (χ2v) is 6.96. The number of aromatic amines is 1. The number of H-pyrrole nitrogens is 1. The minimum atomic E-state index is -0.737. The standard InChI is InChI=1S/C16H14BrClN6O3/c1-8-12(17)9(2)23(22-8)7-10-4-3-5-11(6-10)19-16(25)14-13(18)15(21-20-14)24(26)27/h3-6H,7H2,1-2H3,(H,19,25)(H,20,21). The minimum absolute atomic E-state index is 0.240. The first-order valence-electron chi connectivity index (χ1n) is 7.76. The van der Waals surface area contributed by atoms with Crippen LogP contribution in [-0.2, 0) is 6.54 Å². The summed E-state index contributed by atoms with van der Waals surface area (Å²) >= 11 is 9.34. The van der Waals surface area contributed by atoms with E-state index in [0.29, 0.717) is 12.2 Å². The van der Waals surface area contributed by atoms with Crippen molar-refractivity contribution >= 4 is 44.9 Å². The third-order valence-corrected chi connectivity index (χ3v) is 5.40. The zero-order valence-electron chi connectivity index (χ0n) is 14.3. The first kappa shape index (κ1) is 19.1. The fraction of sp³-hybridized carbons (Fsp3) is 0.188. The van der Waals surface area contributed by atoms with Crippen molar-refractivity contribution in [2.45, 2.75) is 20.4 Å². The van der Waals surface area contributed by atoms with Crippen LogP contribution in [-0.4, -0.2) is 30.8 Å². The van der Waals surface area contributed by atoms with E-state index >= 15 is 0 Å². The Balaban J connectivity index is 1.78. The molecule has 11 heteroatoms. The summed E-state index contributed by atoms with van der Waals surface area (Å²) in [6.45, 7) is 4.40. The minimum Gasteiger partial charge on any atom is -0.358 e. The van der Waals surface area contributed by atoms with Crippen LogP contribution in [0.4, 0.5) is 11.5 Å². The van der Waals surface area contributed by atoms with E-state index in [1.807, 2.05) is 24.6 Å². The highest BCUT2D eigenvalue weighted by Crippen LogP contribution is 2.26. The molecule has 0 saturated carbocycles. The zero-order valence-corrected chi connectivity index (χ0v) is 16.6. The predicted molar refractivity (Wildman–Crippen MR) is 103 cm³/mol. The number of aromatic nitrogens is 4. The highest BCUT2D eigenvalue weighted by molar-refractivity contribution is 9.10. The van der Waals surface area contributed by atoms with Gasteiger partial charge in [0.05, 0.1) is 22.4 Å². The molecule has 140 valence electrons. The van der Waals surface area contributed by atoms with Gasteiger partial charge in [0.15, 0.2) is 10.7 Å². The Morgan fingerprint density at radius 2 is 2.19 bits per heavy atom. The molecule has 0 aliphatic rings. The number of aryl methyl sites for hydroxylation is 1. The fourth-order valence-electron chi connectivity index (χ4n) is 2.53. The number of carbonyl (C=O) groups is 1. The van der Waals surface area contributed by atoms with E-state index in [9.17, 15) is 14.9 Å². The summed E-state index contributed by atoms with van der Waals surface area (Å²) in [5.74, 6) is -1.17. The molecule has 2 N–H and O–H groups in total. The molecule has 0 saturated heterocycles. The Morgan fingerprint density at radius 1 is 1.44 bits per heavy atom. The highest BCUT2D eigenvalue weighted by Gasteiger charge is 2.25. The molecule has 1 amide bonds. The third kappa shape index (κ3) is 3.86. The summed E-state index contributed by atoms with van der Waals surface area (Å²) < 4.78 is 2.82. The second kappa shape index (κ2) is 7.49. The van der Waals surface area contributed by atoms with Gasteiger partial charge in [0.1, 0.15) is 0 Å². The lowest BCUT2D eigenvalue weighted by Gasteiger charge is -2.08. The highest BCUT2D eigenvalue weighted by atomic mass is 79.9. The number of hydrogen-bond donors (Lipinski definition) is 2. The molecule has 0 bridgehead atoms. The van der Waals surface area contributed by atoms with Crippen LogP contribution in [0, 0.1) is 24.0 Å². The molecule has 1 aromatic carbocycles. The van der Waals surface area contributed by atoms with E-state index in [0.717, 1.165) is 21.4 Å². The van der Waals surface area contributed by atoms with Crippen molar-refractivity contribution in [3.8, 4) is 0 Å². The van der Waals surface area contributed by atoms with Crippen molar-refractivity contribution < 1.29 is 9.72 Å². The molecular formula is C16H14BrClN6O3. The van der Waals surface area contributed by atoms with Gasteiger partial charge in [-0.3, -0.25) is 9.48 Å². The molecule has 2 heterocycles. The maximum Gasteiger partial charge on any atom is 0.362 e. The van der Waals surface area contributed by atoms with Crippen LogP contribution < -0.4 is 5.32 Å². The number of nitrogens with zero attached hydrogens (tertiary/aromatic N) is 4. The Labute approximate surface area is 167 Å². The monoisotopic (exact) mass is 452 g/mol. The molecule has 0 radical (unpaired) electrons. The molecule has 0 spiro atoms. The van der Waals surface area contributed by atoms with E-state index in [4.69, 9.17) is 11.6 Å². The predicted octanol–water partition coefficient (Wildman–Crippen LogP) is 3.85. The smallest absolute Gasteiger partial charge is 0.358 e. The van der Waals surface area contributed by atoms with Crippen LogP contribution in [0.1, 0.15) is 27.4 Å². The maximum atomic E-state index is 12.3. The summed E-state index contributed by atoms with van der Waals surface area (Å²) in [6, 6.07) is 7.19. The van der Waals surface area contributed by atoms with E-state index < -0.39 is 16.6 Å². The van der Waals surface area contributed by atoms with Gasteiger partial charge in [-0.05, 0) is 52.4 Å². The van der Waals surface area contributed by atoms with Crippen molar-refractivity contribution in [2.75, 3.05) is 5.32 Å². The van der Waals surface area contributed by atoms with Crippen molar-refractivity contribution in [2.24, 2.45) is 0 Å². The third-order valence-electron chi connectivity index (χ3n) is 3.90. The Morgan fingerprint density at radius 3 is 2.78 bits per heavy atom. The van der Waals surface area contributed by atoms with Crippen LogP contribution in [0.2, 0.25) is 5.02 Å². The summed E-state index contributed by atoms with van der Waals surface area (Å²) in [5, 5.41) is 23.3.